The Labute approximate surface area is 116 Å². The molecule has 2 nitrogen and oxygen atoms in total. The van der Waals surface area contributed by atoms with E-state index in [0.29, 0.717) is 5.02 Å². The third-order valence-corrected chi connectivity index (χ3v) is 3.20. The molecule has 1 atom stereocenters. The van der Waals surface area contributed by atoms with Gasteiger partial charge in [-0.25, -0.2) is 4.39 Å². The molecule has 0 bridgehead atoms. The Hall–Kier alpha value is -1.58. The first-order valence-corrected chi connectivity index (χ1v) is 6.37. The number of rotatable bonds is 4. The molecule has 0 amide bonds. The summed E-state index contributed by atoms with van der Waals surface area (Å²) in [6.45, 7) is 1.76. The molecule has 2 N–H and O–H groups in total. The lowest BCUT2D eigenvalue weighted by Crippen LogP contribution is -2.16. The molecule has 0 spiro atoms. The number of halogens is 2. The summed E-state index contributed by atoms with van der Waals surface area (Å²) in [4.78, 5) is 0. The van der Waals surface area contributed by atoms with Crippen molar-refractivity contribution in [3.05, 3.63) is 64.4 Å². The van der Waals surface area contributed by atoms with Crippen molar-refractivity contribution in [1.82, 2.24) is 0 Å². The van der Waals surface area contributed by atoms with Crippen LogP contribution in [0.5, 0.6) is 0 Å². The van der Waals surface area contributed by atoms with E-state index in [-0.39, 0.29) is 18.5 Å². The molecular formula is C15H15ClFNO. The summed E-state index contributed by atoms with van der Waals surface area (Å²) in [6.07, 6.45) is 0. The normalized spacial score (nSPS) is 12.2. The standard InChI is InChI=1S/C15H15ClFNO/c1-10-5-6-12(17)8-14(10)15(9-19)18-13-4-2-3-11(16)7-13/h2-8,15,18-19H,9H2,1H3. The average Bonchev–Trinajstić information content (AvgIpc) is 2.39. The van der Waals surface area contributed by atoms with Crippen LogP contribution in [-0.2, 0) is 0 Å². The van der Waals surface area contributed by atoms with Crippen LogP contribution in [0.15, 0.2) is 42.5 Å². The Morgan fingerprint density at radius 3 is 2.74 bits per heavy atom. The van der Waals surface area contributed by atoms with E-state index in [1.165, 1.54) is 12.1 Å². The fourth-order valence-corrected chi connectivity index (χ4v) is 2.18. The first kappa shape index (κ1) is 13.8. The van der Waals surface area contributed by atoms with Gasteiger partial charge < -0.3 is 10.4 Å². The summed E-state index contributed by atoms with van der Waals surface area (Å²) in [5.41, 5.74) is 2.45. The van der Waals surface area contributed by atoms with E-state index in [4.69, 9.17) is 11.6 Å². The molecule has 0 aliphatic carbocycles. The highest BCUT2D eigenvalue weighted by molar-refractivity contribution is 6.30. The van der Waals surface area contributed by atoms with Gasteiger partial charge in [-0.3, -0.25) is 0 Å². The minimum Gasteiger partial charge on any atom is -0.394 e. The quantitative estimate of drug-likeness (QED) is 0.889. The second kappa shape index (κ2) is 6.04. The van der Waals surface area contributed by atoms with Crippen molar-refractivity contribution in [2.45, 2.75) is 13.0 Å². The van der Waals surface area contributed by atoms with Gasteiger partial charge in [-0.15, -0.1) is 0 Å². The summed E-state index contributed by atoms with van der Waals surface area (Å²) < 4.78 is 13.3. The molecule has 0 fully saturated rings. The molecule has 2 aromatic rings. The number of nitrogens with one attached hydrogen (secondary N) is 1. The third kappa shape index (κ3) is 3.46. The first-order chi connectivity index (χ1) is 9.10. The van der Waals surface area contributed by atoms with Crippen molar-refractivity contribution < 1.29 is 9.50 Å². The average molecular weight is 280 g/mol. The zero-order chi connectivity index (χ0) is 13.8. The van der Waals surface area contributed by atoms with E-state index in [0.717, 1.165) is 16.8 Å². The monoisotopic (exact) mass is 279 g/mol. The van der Waals surface area contributed by atoms with Crippen LogP contribution in [0.2, 0.25) is 5.02 Å². The van der Waals surface area contributed by atoms with Gasteiger partial charge in [-0.1, -0.05) is 23.7 Å². The van der Waals surface area contributed by atoms with Crippen LogP contribution in [0.3, 0.4) is 0 Å². The number of benzene rings is 2. The maximum absolute atomic E-state index is 13.3. The molecule has 0 aromatic heterocycles. The lowest BCUT2D eigenvalue weighted by Gasteiger charge is -2.20. The van der Waals surface area contributed by atoms with Gasteiger partial charge in [-0.05, 0) is 48.4 Å². The number of anilines is 1. The maximum Gasteiger partial charge on any atom is 0.123 e. The molecule has 0 saturated carbocycles. The molecule has 1 unspecified atom stereocenters. The Bertz CT molecular complexity index is 574. The Morgan fingerprint density at radius 1 is 1.26 bits per heavy atom. The minimum absolute atomic E-state index is 0.128. The van der Waals surface area contributed by atoms with Crippen molar-refractivity contribution in [1.29, 1.82) is 0 Å². The summed E-state index contributed by atoms with van der Waals surface area (Å²) in [5, 5.41) is 13.3. The van der Waals surface area contributed by atoms with Crippen LogP contribution in [0.1, 0.15) is 17.2 Å². The van der Waals surface area contributed by atoms with Gasteiger partial charge in [0.15, 0.2) is 0 Å². The predicted molar refractivity (Wildman–Crippen MR) is 76.0 cm³/mol. The highest BCUT2D eigenvalue weighted by Crippen LogP contribution is 2.24. The van der Waals surface area contributed by atoms with Crippen molar-refractivity contribution in [3.8, 4) is 0 Å². The Kier molecular flexibility index (Phi) is 4.40. The summed E-state index contributed by atoms with van der Waals surface area (Å²) in [5.74, 6) is -0.313. The molecule has 19 heavy (non-hydrogen) atoms. The number of aryl methyl sites for hydroxylation is 1. The van der Waals surface area contributed by atoms with E-state index in [1.54, 1.807) is 18.2 Å². The third-order valence-electron chi connectivity index (χ3n) is 2.96. The van der Waals surface area contributed by atoms with Crippen molar-refractivity contribution in [2.75, 3.05) is 11.9 Å². The highest BCUT2D eigenvalue weighted by Gasteiger charge is 2.13. The molecule has 0 radical (unpaired) electrons. The Morgan fingerprint density at radius 2 is 2.05 bits per heavy atom. The number of hydrogen-bond acceptors (Lipinski definition) is 2. The summed E-state index contributed by atoms with van der Waals surface area (Å²) >= 11 is 5.91. The van der Waals surface area contributed by atoms with Gasteiger partial charge in [0.1, 0.15) is 5.82 Å². The number of aliphatic hydroxyl groups is 1. The number of hydrogen-bond donors (Lipinski definition) is 2. The van der Waals surface area contributed by atoms with Gasteiger partial charge in [-0.2, -0.15) is 0 Å². The topological polar surface area (TPSA) is 32.3 Å². The van der Waals surface area contributed by atoms with E-state index in [9.17, 15) is 9.50 Å². The van der Waals surface area contributed by atoms with Gasteiger partial charge in [0.25, 0.3) is 0 Å². The molecule has 0 aliphatic heterocycles. The van der Waals surface area contributed by atoms with Crippen molar-refractivity contribution in [2.24, 2.45) is 0 Å². The largest absolute Gasteiger partial charge is 0.394 e. The van der Waals surface area contributed by atoms with E-state index < -0.39 is 0 Å². The van der Waals surface area contributed by atoms with Crippen LogP contribution in [-0.4, -0.2) is 11.7 Å². The molecule has 0 saturated heterocycles. The molecule has 0 aliphatic rings. The van der Waals surface area contributed by atoms with Crippen LogP contribution < -0.4 is 5.32 Å². The van der Waals surface area contributed by atoms with E-state index in [1.807, 2.05) is 19.1 Å². The predicted octanol–water partition coefficient (Wildman–Crippen LogP) is 3.93. The molecule has 2 rings (SSSR count). The number of aliphatic hydroxyl groups excluding tert-OH is 1. The van der Waals surface area contributed by atoms with Gasteiger partial charge in [0.2, 0.25) is 0 Å². The smallest absolute Gasteiger partial charge is 0.123 e. The van der Waals surface area contributed by atoms with Crippen molar-refractivity contribution in [3.63, 3.8) is 0 Å². The van der Waals surface area contributed by atoms with E-state index >= 15 is 0 Å². The van der Waals surface area contributed by atoms with Gasteiger partial charge >= 0.3 is 0 Å². The Balaban J connectivity index is 2.27. The van der Waals surface area contributed by atoms with Gasteiger partial charge in [0.05, 0.1) is 12.6 Å². The molecule has 0 heterocycles. The van der Waals surface area contributed by atoms with Crippen molar-refractivity contribution >= 4 is 17.3 Å². The SMILES string of the molecule is Cc1ccc(F)cc1C(CO)Nc1cccc(Cl)c1. The van der Waals surface area contributed by atoms with Crippen LogP contribution in [0.25, 0.3) is 0 Å². The lowest BCUT2D eigenvalue weighted by atomic mass is 10.0. The zero-order valence-corrected chi connectivity index (χ0v) is 11.3. The zero-order valence-electron chi connectivity index (χ0n) is 10.5. The van der Waals surface area contributed by atoms with Crippen LogP contribution >= 0.6 is 11.6 Å². The fraction of sp³-hybridized carbons (Fsp3) is 0.200. The fourth-order valence-electron chi connectivity index (χ4n) is 1.99. The highest BCUT2D eigenvalue weighted by atomic mass is 35.5. The van der Waals surface area contributed by atoms with E-state index in [2.05, 4.69) is 5.32 Å². The molecule has 4 heteroatoms. The molecular weight excluding hydrogens is 265 g/mol. The van der Waals surface area contributed by atoms with Gasteiger partial charge in [0, 0.05) is 10.7 Å². The lowest BCUT2D eigenvalue weighted by molar-refractivity contribution is 0.276. The summed E-state index contributed by atoms with van der Waals surface area (Å²) in [6, 6.07) is 11.4. The second-order valence-electron chi connectivity index (χ2n) is 4.39. The first-order valence-electron chi connectivity index (χ1n) is 5.99. The molecule has 2 aromatic carbocycles. The maximum atomic E-state index is 13.3. The van der Waals surface area contributed by atoms with Crippen LogP contribution in [0, 0.1) is 12.7 Å². The summed E-state index contributed by atoms with van der Waals surface area (Å²) in [7, 11) is 0. The molecule has 100 valence electrons. The minimum atomic E-state index is -0.367. The van der Waals surface area contributed by atoms with Crippen LogP contribution in [0.4, 0.5) is 10.1 Å². The second-order valence-corrected chi connectivity index (χ2v) is 4.83.